The fourth-order valence-electron chi connectivity index (χ4n) is 3.26. The van der Waals surface area contributed by atoms with E-state index in [1.807, 2.05) is 4.90 Å². The molecule has 1 fully saturated rings. The molecule has 0 spiro atoms. The SMILES string of the molecule is CCC[C@@]1(C)CCCN(C(=O)c2ccnc(C(=O)OC)c2)C1. The van der Waals surface area contributed by atoms with Crippen molar-refractivity contribution in [2.24, 2.45) is 5.41 Å². The van der Waals surface area contributed by atoms with Crippen LogP contribution in [0, 0.1) is 5.41 Å². The van der Waals surface area contributed by atoms with Crippen LogP contribution in [0.5, 0.6) is 0 Å². The van der Waals surface area contributed by atoms with Gasteiger partial charge in [-0.3, -0.25) is 4.79 Å². The number of ether oxygens (including phenoxy) is 1. The van der Waals surface area contributed by atoms with Crippen LogP contribution in [0.2, 0.25) is 0 Å². The highest BCUT2D eigenvalue weighted by molar-refractivity contribution is 5.97. The first-order chi connectivity index (χ1) is 10.5. The Kier molecular flexibility index (Phi) is 5.16. The van der Waals surface area contributed by atoms with Gasteiger partial charge in [-0.25, -0.2) is 9.78 Å². The van der Waals surface area contributed by atoms with Gasteiger partial charge >= 0.3 is 5.97 Å². The van der Waals surface area contributed by atoms with Gasteiger partial charge in [0.05, 0.1) is 7.11 Å². The Labute approximate surface area is 131 Å². The number of carbonyl (C=O) groups excluding carboxylic acids is 2. The zero-order chi connectivity index (χ0) is 16.2. The van der Waals surface area contributed by atoms with E-state index in [2.05, 4.69) is 23.6 Å². The van der Waals surface area contributed by atoms with Crippen LogP contribution in [0.1, 0.15) is 60.4 Å². The van der Waals surface area contributed by atoms with Crippen LogP contribution in [-0.4, -0.2) is 42.0 Å². The number of likely N-dealkylation sites (tertiary alicyclic amines) is 1. The minimum atomic E-state index is -0.524. The third-order valence-electron chi connectivity index (χ3n) is 4.32. The number of hydrogen-bond acceptors (Lipinski definition) is 4. The van der Waals surface area contributed by atoms with Crippen molar-refractivity contribution >= 4 is 11.9 Å². The second-order valence-electron chi connectivity index (χ2n) is 6.31. The zero-order valence-corrected chi connectivity index (χ0v) is 13.6. The molecule has 0 aromatic carbocycles. The minimum absolute atomic E-state index is 0.0328. The van der Waals surface area contributed by atoms with Gasteiger partial charge in [-0.05, 0) is 36.8 Å². The first-order valence-corrected chi connectivity index (χ1v) is 7.83. The fourth-order valence-corrected chi connectivity index (χ4v) is 3.26. The highest BCUT2D eigenvalue weighted by Crippen LogP contribution is 2.34. The molecule has 0 saturated carbocycles. The Morgan fingerprint density at radius 2 is 2.23 bits per heavy atom. The molecule has 1 aliphatic rings. The highest BCUT2D eigenvalue weighted by atomic mass is 16.5. The second kappa shape index (κ2) is 6.90. The largest absolute Gasteiger partial charge is 0.464 e. The number of carbonyl (C=O) groups is 2. The number of nitrogens with zero attached hydrogens (tertiary/aromatic N) is 2. The molecular weight excluding hydrogens is 280 g/mol. The maximum absolute atomic E-state index is 12.7. The number of amides is 1. The van der Waals surface area contributed by atoms with E-state index in [4.69, 9.17) is 0 Å². The molecule has 2 rings (SSSR count). The first kappa shape index (κ1) is 16.5. The van der Waals surface area contributed by atoms with Crippen LogP contribution < -0.4 is 0 Å². The topological polar surface area (TPSA) is 59.5 Å². The van der Waals surface area contributed by atoms with E-state index in [1.165, 1.54) is 19.4 Å². The van der Waals surface area contributed by atoms with E-state index in [0.29, 0.717) is 5.56 Å². The van der Waals surface area contributed by atoms with Gasteiger partial charge in [0, 0.05) is 24.8 Å². The Morgan fingerprint density at radius 1 is 1.45 bits per heavy atom. The van der Waals surface area contributed by atoms with E-state index >= 15 is 0 Å². The third-order valence-corrected chi connectivity index (χ3v) is 4.32. The van der Waals surface area contributed by atoms with Crippen LogP contribution in [0.4, 0.5) is 0 Å². The molecule has 1 aliphatic heterocycles. The lowest BCUT2D eigenvalue weighted by atomic mass is 9.78. The Bertz CT molecular complexity index is 555. The van der Waals surface area contributed by atoms with Crippen LogP contribution in [0.3, 0.4) is 0 Å². The van der Waals surface area contributed by atoms with Crippen LogP contribution >= 0.6 is 0 Å². The maximum Gasteiger partial charge on any atom is 0.356 e. The van der Waals surface area contributed by atoms with Crippen molar-refractivity contribution in [3.8, 4) is 0 Å². The summed E-state index contributed by atoms with van der Waals surface area (Å²) in [5.74, 6) is -0.557. The zero-order valence-electron chi connectivity index (χ0n) is 13.6. The first-order valence-electron chi connectivity index (χ1n) is 7.83. The second-order valence-corrected chi connectivity index (χ2v) is 6.31. The lowest BCUT2D eigenvalue weighted by molar-refractivity contribution is 0.0530. The van der Waals surface area contributed by atoms with Crippen molar-refractivity contribution < 1.29 is 14.3 Å². The molecule has 0 unspecified atom stereocenters. The smallest absolute Gasteiger partial charge is 0.356 e. The highest BCUT2D eigenvalue weighted by Gasteiger charge is 2.32. The molecule has 22 heavy (non-hydrogen) atoms. The summed E-state index contributed by atoms with van der Waals surface area (Å²) in [7, 11) is 1.30. The standard InChI is InChI=1S/C17H24N2O3/c1-4-7-17(2)8-5-10-19(12-17)15(20)13-6-9-18-14(11-13)16(21)22-3/h6,9,11H,4-5,7-8,10,12H2,1-3H3/t17-/m0/s1. The number of rotatable bonds is 4. The van der Waals surface area contributed by atoms with Gasteiger partial charge in [-0.15, -0.1) is 0 Å². The molecule has 120 valence electrons. The molecule has 0 bridgehead atoms. The van der Waals surface area contributed by atoms with Crippen molar-refractivity contribution in [2.75, 3.05) is 20.2 Å². The van der Waals surface area contributed by atoms with Gasteiger partial charge in [0.2, 0.25) is 0 Å². The number of methoxy groups -OCH3 is 1. The molecule has 0 radical (unpaired) electrons. The van der Waals surface area contributed by atoms with E-state index in [0.717, 1.165) is 38.8 Å². The molecule has 2 heterocycles. The maximum atomic E-state index is 12.7. The van der Waals surface area contributed by atoms with Crippen molar-refractivity contribution in [3.05, 3.63) is 29.6 Å². The van der Waals surface area contributed by atoms with Gasteiger partial charge in [-0.1, -0.05) is 20.3 Å². The van der Waals surface area contributed by atoms with Crippen LogP contribution in [0.15, 0.2) is 18.3 Å². The molecular formula is C17H24N2O3. The van der Waals surface area contributed by atoms with Crippen molar-refractivity contribution in [3.63, 3.8) is 0 Å². The molecule has 0 aliphatic carbocycles. The van der Waals surface area contributed by atoms with Gasteiger partial charge < -0.3 is 9.64 Å². The summed E-state index contributed by atoms with van der Waals surface area (Å²) < 4.78 is 4.66. The number of esters is 1. The summed E-state index contributed by atoms with van der Waals surface area (Å²) in [6.45, 7) is 5.98. The average molecular weight is 304 g/mol. The van der Waals surface area contributed by atoms with Gasteiger partial charge in [0.25, 0.3) is 5.91 Å². The quantitative estimate of drug-likeness (QED) is 0.803. The average Bonchev–Trinajstić information content (AvgIpc) is 2.53. The number of pyridine rings is 1. The number of aromatic nitrogens is 1. The van der Waals surface area contributed by atoms with Gasteiger partial charge in [0.1, 0.15) is 5.69 Å². The third kappa shape index (κ3) is 3.64. The molecule has 1 saturated heterocycles. The Hall–Kier alpha value is -1.91. The normalized spacial score (nSPS) is 21.5. The minimum Gasteiger partial charge on any atom is -0.464 e. The molecule has 5 nitrogen and oxygen atoms in total. The van der Waals surface area contributed by atoms with Crippen molar-refractivity contribution in [2.45, 2.75) is 39.5 Å². The number of piperidine rings is 1. The fraction of sp³-hybridized carbons (Fsp3) is 0.588. The summed E-state index contributed by atoms with van der Waals surface area (Å²) in [5, 5.41) is 0. The van der Waals surface area contributed by atoms with Crippen LogP contribution in [-0.2, 0) is 4.74 Å². The summed E-state index contributed by atoms with van der Waals surface area (Å²) in [5.41, 5.74) is 0.860. The molecule has 1 aromatic heterocycles. The van der Waals surface area contributed by atoms with Gasteiger partial charge in [0.15, 0.2) is 0 Å². The van der Waals surface area contributed by atoms with E-state index in [-0.39, 0.29) is 17.0 Å². The van der Waals surface area contributed by atoms with E-state index in [9.17, 15) is 9.59 Å². The summed E-state index contributed by atoms with van der Waals surface area (Å²) in [4.78, 5) is 30.1. The molecule has 1 amide bonds. The summed E-state index contributed by atoms with van der Waals surface area (Å²) in [6.07, 6.45) is 5.92. The molecule has 0 N–H and O–H groups in total. The number of hydrogen-bond donors (Lipinski definition) is 0. The summed E-state index contributed by atoms with van der Waals surface area (Å²) in [6, 6.07) is 3.17. The Morgan fingerprint density at radius 3 is 2.91 bits per heavy atom. The monoisotopic (exact) mass is 304 g/mol. The molecule has 1 aromatic rings. The predicted molar refractivity (Wildman–Crippen MR) is 83.7 cm³/mol. The van der Waals surface area contributed by atoms with Gasteiger partial charge in [-0.2, -0.15) is 0 Å². The lowest BCUT2D eigenvalue weighted by Gasteiger charge is -2.40. The Balaban J connectivity index is 2.15. The lowest BCUT2D eigenvalue weighted by Crippen LogP contribution is -2.44. The van der Waals surface area contributed by atoms with Crippen LogP contribution in [0.25, 0.3) is 0 Å². The molecule has 5 heteroatoms. The predicted octanol–water partition coefficient (Wildman–Crippen LogP) is 2.91. The van der Waals surface area contributed by atoms with E-state index < -0.39 is 5.97 Å². The van der Waals surface area contributed by atoms with E-state index in [1.54, 1.807) is 6.07 Å². The summed E-state index contributed by atoms with van der Waals surface area (Å²) >= 11 is 0. The molecule has 1 atom stereocenters. The van der Waals surface area contributed by atoms with Crippen molar-refractivity contribution in [1.29, 1.82) is 0 Å². The van der Waals surface area contributed by atoms with Crippen molar-refractivity contribution in [1.82, 2.24) is 9.88 Å².